The summed E-state index contributed by atoms with van der Waals surface area (Å²) >= 11 is 0. The molecule has 0 aliphatic rings. The summed E-state index contributed by atoms with van der Waals surface area (Å²) in [4.78, 5) is 57.9. The van der Waals surface area contributed by atoms with Crippen LogP contribution in [0.25, 0.3) is 0 Å². The van der Waals surface area contributed by atoms with Crippen molar-refractivity contribution < 1.29 is 48.4 Å². The lowest BCUT2D eigenvalue weighted by Crippen LogP contribution is -2.27. The summed E-state index contributed by atoms with van der Waals surface area (Å²) in [6.07, 6.45) is -1.70. The Morgan fingerprint density at radius 3 is 1.97 bits per heavy atom. The fraction of sp³-hybridized carbons (Fsp3) is 0.250. The van der Waals surface area contributed by atoms with E-state index in [0.29, 0.717) is 0 Å². The number of carbonyl (C=O) groups is 5. The van der Waals surface area contributed by atoms with Gasteiger partial charge in [0.25, 0.3) is 6.29 Å². The number of aromatic carboxylic acids is 2. The van der Waals surface area contributed by atoms with Crippen LogP contribution in [0.2, 0.25) is 0 Å². The normalized spacial score (nSPS) is 11.0. The van der Waals surface area contributed by atoms with E-state index < -0.39 is 47.3 Å². The lowest BCUT2D eigenvalue weighted by Gasteiger charge is -2.18. The predicted octanol–water partition coefficient (Wildman–Crippen LogP) is 2.19. The van der Waals surface area contributed by atoms with Gasteiger partial charge in [0.1, 0.15) is 0 Å². The summed E-state index contributed by atoms with van der Waals surface area (Å²) in [5.41, 5.74) is -1.26. The molecule has 0 heterocycles. The van der Waals surface area contributed by atoms with Gasteiger partial charge in [0.15, 0.2) is 0 Å². The SMILES string of the molecule is C=C(C)C(=O)OCCC(OC(=O)C(=C)C)OC(=O)c1ccc(C(=O)O)c(C(=O)O)c1. The fourth-order valence-corrected chi connectivity index (χ4v) is 1.96. The molecule has 0 saturated heterocycles. The molecule has 1 aromatic rings. The van der Waals surface area contributed by atoms with Gasteiger partial charge in [0.05, 0.1) is 29.7 Å². The minimum atomic E-state index is -1.56. The molecule has 0 amide bonds. The van der Waals surface area contributed by atoms with Gasteiger partial charge in [-0.3, -0.25) is 0 Å². The molecule has 0 aliphatic carbocycles. The van der Waals surface area contributed by atoms with Gasteiger partial charge in [0.2, 0.25) is 0 Å². The maximum Gasteiger partial charge on any atom is 0.341 e. The van der Waals surface area contributed by atoms with Crippen molar-refractivity contribution in [3.05, 3.63) is 59.2 Å². The van der Waals surface area contributed by atoms with Gasteiger partial charge in [-0.15, -0.1) is 0 Å². The Morgan fingerprint density at radius 1 is 0.900 bits per heavy atom. The van der Waals surface area contributed by atoms with Crippen LogP contribution in [-0.4, -0.2) is 53.0 Å². The van der Waals surface area contributed by atoms with Crippen LogP contribution in [0.5, 0.6) is 0 Å². The van der Waals surface area contributed by atoms with Crippen LogP contribution in [0.3, 0.4) is 0 Å². The maximum absolute atomic E-state index is 12.4. The van der Waals surface area contributed by atoms with E-state index in [1.807, 2.05) is 0 Å². The third-order valence-electron chi connectivity index (χ3n) is 3.48. The molecule has 1 atom stereocenters. The number of carbonyl (C=O) groups excluding carboxylic acids is 3. The molecular weight excluding hydrogens is 400 g/mol. The van der Waals surface area contributed by atoms with Gasteiger partial charge in [-0.05, 0) is 32.0 Å². The molecule has 0 radical (unpaired) electrons. The van der Waals surface area contributed by atoms with E-state index in [9.17, 15) is 24.0 Å². The fourth-order valence-electron chi connectivity index (χ4n) is 1.96. The summed E-state index contributed by atoms with van der Waals surface area (Å²) in [6, 6.07) is 2.82. The van der Waals surface area contributed by atoms with E-state index in [-0.39, 0.29) is 29.7 Å². The van der Waals surface area contributed by atoms with Gasteiger partial charge < -0.3 is 24.4 Å². The molecular formula is C20H20O10. The highest BCUT2D eigenvalue weighted by Crippen LogP contribution is 2.16. The van der Waals surface area contributed by atoms with Crippen LogP contribution in [0.4, 0.5) is 0 Å². The lowest BCUT2D eigenvalue weighted by atomic mass is 10.0. The van der Waals surface area contributed by atoms with Crippen molar-refractivity contribution in [2.24, 2.45) is 0 Å². The number of hydrogen-bond donors (Lipinski definition) is 2. The molecule has 160 valence electrons. The van der Waals surface area contributed by atoms with E-state index in [1.54, 1.807) is 0 Å². The number of rotatable bonds is 10. The summed E-state index contributed by atoms with van der Waals surface area (Å²) < 4.78 is 14.9. The van der Waals surface area contributed by atoms with E-state index in [2.05, 4.69) is 13.2 Å². The van der Waals surface area contributed by atoms with Gasteiger partial charge >= 0.3 is 29.8 Å². The Bertz CT molecular complexity index is 912. The second kappa shape index (κ2) is 10.6. The molecule has 0 bridgehead atoms. The minimum Gasteiger partial charge on any atom is -0.478 e. The van der Waals surface area contributed by atoms with E-state index >= 15 is 0 Å². The molecule has 0 fully saturated rings. The zero-order valence-electron chi connectivity index (χ0n) is 16.3. The average molecular weight is 420 g/mol. The topological polar surface area (TPSA) is 154 Å². The monoisotopic (exact) mass is 420 g/mol. The molecule has 1 aromatic carbocycles. The van der Waals surface area contributed by atoms with Crippen molar-refractivity contribution in [1.29, 1.82) is 0 Å². The number of benzene rings is 1. The Morgan fingerprint density at radius 2 is 1.47 bits per heavy atom. The van der Waals surface area contributed by atoms with Crippen LogP contribution in [0.1, 0.15) is 51.3 Å². The number of esters is 3. The summed E-state index contributed by atoms with van der Waals surface area (Å²) in [7, 11) is 0. The molecule has 10 heteroatoms. The van der Waals surface area contributed by atoms with E-state index in [4.69, 9.17) is 24.4 Å². The van der Waals surface area contributed by atoms with Crippen LogP contribution >= 0.6 is 0 Å². The Labute approximate surface area is 171 Å². The first-order valence-corrected chi connectivity index (χ1v) is 8.44. The lowest BCUT2D eigenvalue weighted by molar-refractivity contribution is -0.167. The third kappa shape index (κ3) is 6.89. The van der Waals surface area contributed by atoms with Crippen LogP contribution in [-0.2, 0) is 23.8 Å². The van der Waals surface area contributed by atoms with Crippen molar-refractivity contribution >= 4 is 29.8 Å². The number of carboxylic acids is 2. The first-order valence-electron chi connectivity index (χ1n) is 8.44. The minimum absolute atomic E-state index is 0.0222. The van der Waals surface area contributed by atoms with Crippen molar-refractivity contribution in [3.63, 3.8) is 0 Å². The molecule has 0 saturated carbocycles. The summed E-state index contributed by atoms with van der Waals surface area (Å²) in [5, 5.41) is 18.2. The Kier molecular flexibility index (Phi) is 8.48. The van der Waals surface area contributed by atoms with Crippen molar-refractivity contribution in [3.8, 4) is 0 Å². The molecule has 10 nitrogen and oxygen atoms in total. The van der Waals surface area contributed by atoms with Crippen molar-refractivity contribution in [1.82, 2.24) is 0 Å². The Hall–Kier alpha value is -3.95. The highest BCUT2D eigenvalue weighted by Gasteiger charge is 2.24. The van der Waals surface area contributed by atoms with Crippen LogP contribution in [0, 0.1) is 0 Å². The van der Waals surface area contributed by atoms with Crippen LogP contribution < -0.4 is 0 Å². The van der Waals surface area contributed by atoms with Gasteiger partial charge in [-0.2, -0.15) is 0 Å². The average Bonchev–Trinajstić information content (AvgIpc) is 2.66. The first kappa shape index (κ1) is 24.1. The quantitative estimate of drug-likeness (QED) is 0.327. The standard InChI is InChI=1S/C20H20O10/c1-10(2)18(25)28-8-7-15(29-19(26)11(3)4)30-20(27)12-5-6-13(16(21)22)14(9-12)17(23)24/h5-6,9,15H,1,3,7-8H2,2,4H3,(H,21,22)(H,23,24). The summed E-state index contributed by atoms with van der Waals surface area (Å²) in [5.74, 6) is -5.69. The molecule has 0 aliphatic heterocycles. The van der Waals surface area contributed by atoms with Crippen LogP contribution in [0.15, 0.2) is 42.5 Å². The van der Waals surface area contributed by atoms with Gasteiger partial charge in [0, 0.05) is 11.1 Å². The zero-order chi connectivity index (χ0) is 23.0. The highest BCUT2D eigenvalue weighted by molar-refractivity contribution is 6.04. The molecule has 1 unspecified atom stereocenters. The second-order valence-electron chi connectivity index (χ2n) is 6.10. The van der Waals surface area contributed by atoms with Crippen molar-refractivity contribution in [2.75, 3.05) is 6.61 Å². The van der Waals surface area contributed by atoms with E-state index in [0.717, 1.165) is 18.2 Å². The molecule has 0 aromatic heterocycles. The number of carboxylic acid groups (broad SMARTS) is 2. The van der Waals surface area contributed by atoms with Gasteiger partial charge in [-0.1, -0.05) is 13.2 Å². The first-order chi connectivity index (χ1) is 13.9. The molecule has 30 heavy (non-hydrogen) atoms. The van der Waals surface area contributed by atoms with Gasteiger partial charge in [-0.25, -0.2) is 24.0 Å². The third-order valence-corrected chi connectivity index (χ3v) is 3.48. The van der Waals surface area contributed by atoms with Crippen molar-refractivity contribution in [2.45, 2.75) is 26.6 Å². The molecule has 2 N–H and O–H groups in total. The summed E-state index contributed by atoms with van der Waals surface area (Å²) in [6.45, 7) is 9.34. The predicted molar refractivity (Wildman–Crippen MR) is 101 cm³/mol. The Balaban J connectivity index is 3.01. The highest BCUT2D eigenvalue weighted by atomic mass is 16.7. The maximum atomic E-state index is 12.4. The number of hydrogen-bond acceptors (Lipinski definition) is 8. The van der Waals surface area contributed by atoms with E-state index in [1.165, 1.54) is 13.8 Å². The molecule has 0 spiro atoms. The second-order valence-corrected chi connectivity index (χ2v) is 6.10. The molecule has 1 rings (SSSR count). The zero-order valence-corrected chi connectivity index (χ0v) is 16.3. The largest absolute Gasteiger partial charge is 0.478 e. The smallest absolute Gasteiger partial charge is 0.341 e. The number of ether oxygens (including phenoxy) is 3.